The minimum atomic E-state index is -0.533. The number of pyridine rings is 1. The van der Waals surface area contributed by atoms with Gasteiger partial charge in [0.15, 0.2) is 0 Å². The SMILES string of the molecule is O=C(/C=C/c1ccc2c(c1)CN(Sc1cccnc1)C2)NO. The van der Waals surface area contributed by atoms with Gasteiger partial charge in [0.25, 0.3) is 5.91 Å². The molecular weight excluding hydrogens is 298 g/mol. The number of benzene rings is 1. The molecule has 1 aromatic carbocycles. The van der Waals surface area contributed by atoms with E-state index >= 15 is 0 Å². The second-order valence-electron chi connectivity index (χ2n) is 4.92. The number of rotatable bonds is 4. The lowest BCUT2D eigenvalue weighted by molar-refractivity contribution is -0.124. The van der Waals surface area contributed by atoms with Gasteiger partial charge in [-0.05, 0) is 46.8 Å². The van der Waals surface area contributed by atoms with Crippen LogP contribution in [0.3, 0.4) is 0 Å². The molecule has 0 unspecified atom stereocenters. The molecule has 5 nitrogen and oxygen atoms in total. The summed E-state index contributed by atoms with van der Waals surface area (Å²) in [5, 5.41) is 8.48. The highest BCUT2D eigenvalue weighted by Gasteiger charge is 2.19. The average molecular weight is 313 g/mol. The lowest BCUT2D eigenvalue weighted by atomic mass is 10.1. The summed E-state index contributed by atoms with van der Waals surface area (Å²) in [5.74, 6) is -0.533. The highest BCUT2D eigenvalue weighted by molar-refractivity contribution is 7.97. The van der Waals surface area contributed by atoms with E-state index in [1.54, 1.807) is 29.7 Å². The molecule has 0 aliphatic carbocycles. The summed E-state index contributed by atoms with van der Waals surface area (Å²) in [6, 6.07) is 10.1. The van der Waals surface area contributed by atoms with E-state index in [1.807, 2.05) is 24.4 Å². The van der Waals surface area contributed by atoms with Gasteiger partial charge in [0, 0.05) is 36.5 Å². The number of fused-ring (bicyclic) bond motifs is 1. The van der Waals surface area contributed by atoms with Crippen molar-refractivity contribution in [1.82, 2.24) is 14.8 Å². The summed E-state index contributed by atoms with van der Waals surface area (Å²) < 4.78 is 2.27. The van der Waals surface area contributed by atoms with Crippen molar-refractivity contribution in [3.63, 3.8) is 0 Å². The Morgan fingerprint density at radius 2 is 2.18 bits per heavy atom. The van der Waals surface area contributed by atoms with Crippen LogP contribution < -0.4 is 5.48 Å². The van der Waals surface area contributed by atoms with Gasteiger partial charge < -0.3 is 0 Å². The normalized spacial score (nSPS) is 14.2. The minimum absolute atomic E-state index is 0.533. The standard InChI is InChI=1S/C16H15N3O2S/c20-16(18-21)6-4-12-3-5-13-10-19(11-14(13)8-12)22-15-2-1-7-17-9-15/h1-9,21H,10-11H2,(H,18,20)/b6-4+. The number of carbonyl (C=O) groups excluding carboxylic acids is 1. The van der Waals surface area contributed by atoms with Crippen molar-refractivity contribution in [3.8, 4) is 0 Å². The lowest BCUT2D eigenvalue weighted by Gasteiger charge is -2.12. The van der Waals surface area contributed by atoms with Crippen LogP contribution in [0.2, 0.25) is 0 Å². The topological polar surface area (TPSA) is 65.5 Å². The third kappa shape index (κ3) is 3.54. The molecule has 2 N–H and O–H groups in total. The Morgan fingerprint density at radius 3 is 2.95 bits per heavy atom. The van der Waals surface area contributed by atoms with E-state index in [0.717, 1.165) is 23.5 Å². The van der Waals surface area contributed by atoms with Gasteiger partial charge >= 0.3 is 0 Å². The molecule has 6 heteroatoms. The van der Waals surface area contributed by atoms with E-state index in [1.165, 1.54) is 17.2 Å². The summed E-state index contributed by atoms with van der Waals surface area (Å²) >= 11 is 1.69. The van der Waals surface area contributed by atoms with E-state index in [9.17, 15) is 4.79 Å². The van der Waals surface area contributed by atoms with Gasteiger partial charge in [0.05, 0.1) is 0 Å². The molecule has 1 aliphatic rings. The maximum Gasteiger partial charge on any atom is 0.267 e. The van der Waals surface area contributed by atoms with Gasteiger partial charge in [0.2, 0.25) is 0 Å². The first-order valence-electron chi connectivity index (χ1n) is 6.81. The minimum Gasteiger partial charge on any atom is -0.288 e. The molecule has 1 aromatic heterocycles. The molecule has 0 saturated heterocycles. The zero-order valence-corrected chi connectivity index (χ0v) is 12.6. The number of hydrogen-bond donors (Lipinski definition) is 2. The first-order valence-corrected chi connectivity index (χ1v) is 7.59. The summed E-state index contributed by atoms with van der Waals surface area (Å²) in [6.45, 7) is 1.73. The van der Waals surface area contributed by atoms with Gasteiger partial charge in [0.1, 0.15) is 0 Å². The predicted molar refractivity (Wildman–Crippen MR) is 84.7 cm³/mol. The molecule has 112 valence electrons. The Balaban J connectivity index is 1.68. The van der Waals surface area contributed by atoms with Crippen molar-refractivity contribution in [3.05, 3.63) is 65.5 Å². The van der Waals surface area contributed by atoms with Crippen LogP contribution in [-0.2, 0) is 17.9 Å². The number of amides is 1. The van der Waals surface area contributed by atoms with Gasteiger partial charge in [-0.2, -0.15) is 0 Å². The van der Waals surface area contributed by atoms with E-state index < -0.39 is 5.91 Å². The van der Waals surface area contributed by atoms with Crippen LogP contribution in [0.15, 0.2) is 53.7 Å². The quantitative estimate of drug-likeness (QED) is 0.393. The fourth-order valence-corrected chi connectivity index (χ4v) is 3.26. The monoisotopic (exact) mass is 313 g/mol. The number of hydrogen-bond acceptors (Lipinski definition) is 5. The molecule has 0 spiro atoms. The molecular formula is C16H15N3O2S. The highest BCUT2D eigenvalue weighted by atomic mass is 32.2. The molecule has 0 saturated carbocycles. The highest BCUT2D eigenvalue weighted by Crippen LogP contribution is 2.32. The van der Waals surface area contributed by atoms with Crippen molar-refractivity contribution in [1.29, 1.82) is 0 Å². The van der Waals surface area contributed by atoms with Crippen LogP contribution in [0.1, 0.15) is 16.7 Å². The number of hydroxylamine groups is 1. The molecule has 0 radical (unpaired) electrons. The second-order valence-corrected chi connectivity index (χ2v) is 6.09. The van der Waals surface area contributed by atoms with E-state index in [0.29, 0.717) is 0 Å². The largest absolute Gasteiger partial charge is 0.288 e. The Morgan fingerprint density at radius 1 is 1.32 bits per heavy atom. The van der Waals surface area contributed by atoms with Crippen LogP contribution >= 0.6 is 11.9 Å². The van der Waals surface area contributed by atoms with E-state index in [2.05, 4.69) is 21.4 Å². The predicted octanol–water partition coefficient (Wildman–Crippen LogP) is 2.62. The van der Waals surface area contributed by atoms with Crippen molar-refractivity contribution < 1.29 is 10.0 Å². The number of aromatic nitrogens is 1. The van der Waals surface area contributed by atoms with E-state index in [4.69, 9.17) is 5.21 Å². The van der Waals surface area contributed by atoms with Gasteiger partial charge in [-0.15, -0.1) is 0 Å². The molecule has 0 fully saturated rings. The summed E-state index contributed by atoms with van der Waals surface area (Å²) in [7, 11) is 0. The zero-order valence-electron chi connectivity index (χ0n) is 11.8. The maximum absolute atomic E-state index is 11.0. The summed E-state index contributed by atoms with van der Waals surface area (Å²) in [6.07, 6.45) is 6.61. The molecule has 0 atom stereocenters. The van der Waals surface area contributed by atoms with Gasteiger partial charge in [-0.3, -0.25) is 15.0 Å². The Kier molecular flexibility index (Phi) is 4.53. The summed E-state index contributed by atoms with van der Waals surface area (Å²) in [5.41, 5.74) is 5.06. The smallest absolute Gasteiger partial charge is 0.267 e. The van der Waals surface area contributed by atoms with E-state index in [-0.39, 0.29) is 0 Å². The van der Waals surface area contributed by atoms with Crippen LogP contribution in [-0.4, -0.2) is 20.4 Å². The molecule has 3 rings (SSSR count). The van der Waals surface area contributed by atoms with Crippen LogP contribution in [0.25, 0.3) is 6.08 Å². The second kappa shape index (κ2) is 6.74. The molecule has 2 heterocycles. The fraction of sp³-hybridized carbons (Fsp3) is 0.125. The molecule has 1 aliphatic heterocycles. The summed E-state index contributed by atoms with van der Waals surface area (Å²) in [4.78, 5) is 16.3. The zero-order chi connectivity index (χ0) is 15.4. The van der Waals surface area contributed by atoms with Crippen LogP contribution in [0, 0.1) is 0 Å². The van der Waals surface area contributed by atoms with Gasteiger partial charge in [-0.1, -0.05) is 18.2 Å². The molecule has 1 amide bonds. The first-order chi connectivity index (χ1) is 10.7. The third-order valence-corrected chi connectivity index (χ3v) is 4.30. The van der Waals surface area contributed by atoms with Crippen molar-refractivity contribution in [2.75, 3.05) is 0 Å². The van der Waals surface area contributed by atoms with Crippen molar-refractivity contribution in [2.45, 2.75) is 18.0 Å². The lowest BCUT2D eigenvalue weighted by Crippen LogP contribution is -2.14. The fourth-order valence-electron chi connectivity index (χ4n) is 2.31. The van der Waals surface area contributed by atoms with Crippen molar-refractivity contribution in [2.24, 2.45) is 0 Å². The third-order valence-electron chi connectivity index (χ3n) is 3.33. The van der Waals surface area contributed by atoms with Gasteiger partial charge in [-0.25, -0.2) is 9.79 Å². The Labute approximate surface area is 132 Å². The number of nitrogens with zero attached hydrogens (tertiary/aromatic N) is 2. The van der Waals surface area contributed by atoms with Crippen LogP contribution in [0.4, 0.5) is 0 Å². The molecule has 0 bridgehead atoms. The number of carbonyl (C=O) groups is 1. The molecule has 22 heavy (non-hydrogen) atoms. The van der Waals surface area contributed by atoms with Crippen LogP contribution in [0.5, 0.6) is 0 Å². The first kappa shape index (κ1) is 14.8. The Hall–Kier alpha value is -2.15. The molecule has 2 aromatic rings. The maximum atomic E-state index is 11.0. The average Bonchev–Trinajstić information content (AvgIpc) is 2.94. The number of nitrogens with one attached hydrogen (secondary N) is 1. The Bertz CT molecular complexity index is 704. The van der Waals surface area contributed by atoms with Crippen molar-refractivity contribution >= 4 is 23.9 Å².